The second-order valence-electron chi connectivity index (χ2n) is 10.1. The average Bonchev–Trinajstić information content (AvgIpc) is 3.44. The standard InChI is InChI=1S/C31H36F2N4O2S/c1-7-23-16-27(21(5)35-18-23)28(17-34)30(25(8-2)15-24-11-9-10-12-24)29-14-13-26(19-36-29)40(38,39)37-22(6)31(32,33)20(3)4/h9-11,13-14,16,18-19,22,25,37H,3,7-8,12,15H2,1-2,4-6H3. The summed E-state index contributed by atoms with van der Waals surface area (Å²) in [6, 6.07) is 5.53. The molecule has 212 valence electrons. The number of alkyl halides is 2. The molecule has 0 saturated carbocycles. The molecule has 6 nitrogen and oxygen atoms in total. The zero-order chi connectivity index (χ0) is 29.7. The van der Waals surface area contributed by atoms with Gasteiger partial charge in [-0.05, 0) is 87.3 Å². The smallest absolute Gasteiger partial charge is 0.261 e. The molecule has 3 rings (SSSR count). The van der Waals surface area contributed by atoms with Crippen LogP contribution in [0.1, 0.15) is 69.5 Å². The highest BCUT2D eigenvalue weighted by Crippen LogP contribution is 2.38. The average molecular weight is 567 g/mol. The first-order chi connectivity index (χ1) is 18.8. The van der Waals surface area contributed by atoms with Gasteiger partial charge in [-0.1, -0.05) is 44.2 Å². The van der Waals surface area contributed by atoms with Crippen LogP contribution in [-0.2, 0) is 16.4 Å². The van der Waals surface area contributed by atoms with Gasteiger partial charge < -0.3 is 0 Å². The Bertz CT molecular complexity index is 1500. The number of halogens is 2. The zero-order valence-corrected chi connectivity index (χ0v) is 24.4. The largest absolute Gasteiger partial charge is 0.284 e. The van der Waals surface area contributed by atoms with E-state index in [1.165, 1.54) is 11.6 Å². The van der Waals surface area contributed by atoms with Gasteiger partial charge in [0, 0.05) is 23.7 Å². The number of rotatable bonds is 12. The summed E-state index contributed by atoms with van der Waals surface area (Å²) in [6.07, 6.45) is 12.1. The van der Waals surface area contributed by atoms with Crippen molar-refractivity contribution in [1.29, 1.82) is 5.26 Å². The SMILES string of the molecule is C=C(C)C(F)(F)C(C)NS(=O)(=O)c1ccc(C(=C(C#N)c2cc(CC)cnc2C)C(CC)CC2=CC=CC2)nc1. The topological polar surface area (TPSA) is 95.7 Å². The lowest BCUT2D eigenvalue weighted by atomic mass is 9.82. The molecular formula is C31H36F2N4O2S. The van der Waals surface area contributed by atoms with Crippen LogP contribution in [0, 0.1) is 24.2 Å². The Kier molecular flexibility index (Phi) is 9.93. The Morgan fingerprint density at radius 1 is 1.25 bits per heavy atom. The number of nitrogens with zero attached hydrogens (tertiary/aromatic N) is 3. The van der Waals surface area contributed by atoms with Crippen LogP contribution in [0.25, 0.3) is 11.1 Å². The van der Waals surface area contributed by atoms with Gasteiger partial charge in [-0.2, -0.15) is 14.0 Å². The zero-order valence-electron chi connectivity index (χ0n) is 23.6. The van der Waals surface area contributed by atoms with Crippen LogP contribution >= 0.6 is 0 Å². The normalized spacial score (nSPS) is 15.7. The van der Waals surface area contributed by atoms with Crippen molar-refractivity contribution in [3.8, 4) is 6.07 Å². The van der Waals surface area contributed by atoms with Gasteiger partial charge >= 0.3 is 0 Å². The summed E-state index contributed by atoms with van der Waals surface area (Å²) in [5.74, 6) is -3.50. The maximum atomic E-state index is 14.3. The van der Waals surface area contributed by atoms with E-state index in [-0.39, 0.29) is 10.8 Å². The Morgan fingerprint density at radius 3 is 2.50 bits per heavy atom. The number of nitriles is 1. The fraction of sp³-hybridized carbons (Fsp3) is 0.387. The van der Waals surface area contributed by atoms with Crippen molar-refractivity contribution in [2.45, 2.75) is 77.2 Å². The molecule has 0 bridgehead atoms. The van der Waals surface area contributed by atoms with E-state index in [0.717, 1.165) is 38.4 Å². The number of pyridine rings is 2. The van der Waals surface area contributed by atoms with Gasteiger partial charge in [-0.15, -0.1) is 0 Å². The van der Waals surface area contributed by atoms with Gasteiger partial charge in [0.1, 0.15) is 11.0 Å². The molecule has 1 aliphatic rings. The van der Waals surface area contributed by atoms with E-state index >= 15 is 0 Å². The quantitative estimate of drug-likeness (QED) is 0.221. The molecule has 9 heteroatoms. The second kappa shape index (κ2) is 12.8. The molecule has 2 atom stereocenters. The monoisotopic (exact) mass is 566 g/mol. The summed E-state index contributed by atoms with van der Waals surface area (Å²) < 4.78 is 56.6. The highest BCUT2D eigenvalue weighted by atomic mass is 32.2. The summed E-state index contributed by atoms with van der Waals surface area (Å²) in [7, 11) is -4.30. The van der Waals surface area contributed by atoms with E-state index in [2.05, 4.69) is 34.8 Å². The maximum Gasteiger partial charge on any atom is 0.284 e. The van der Waals surface area contributed by atoms with Crippen molar-refractivity contribution < 1.29 is 17.2 Å². The number of sulfonamides is 1. The lowest BCUT2D eigenvalue weighted by Crippen LogP contribution is -2.46. The Balaban J connectivity index is 2.12. The number of allylic oxidation sites excluding steroid dienone is 6. The van der Waals surface area contributed by atoms with Crippen molar-refractivity contribution >= 4 is 21.2 Å². The van der Waals surface area contributed by atoms with Crippen molar-refractivity contribution in [2.24, 2.45) is 5.92 Å². The van der Waals surface area contributed by atoms with Crippen LogP contribution in [0.4, 0.5) is 8.78 Å². The summed E-state index contributed by atoms with van der Waals surface area (Å²) in [4.78, 5) is 8.73. The highest BCUT2D eigenvalue weighted by Gasteiger charge is 2.40. The molecule has 0 spiro atoms. The Labute approximate surface area is 236 Å². The molecule has 0 radical (unpaired) electrons. The third kappa shape index (κ3) is 6.80. The lowest BCUT2D eigenvalue weighted by molar-refractivity contribution is 0.0145. The lowest BCUT2D eigenvalue weighted by Gasteiger charge is -2.25. The Hall–Kier alpha value is -3.48. The third-order valence-electron chi connectivity index (χ3n) is 7.23. The molecule has 0 fully saturated rings. The van der Waals surface area contributed by atoms with Gasteiger partial charge in [-0.25, -0.2) is 13.1 Å². The first kappa shape index (κ1) is 31.1. The minimum Gasteiger partial charge on any atom is -0.261 e. The van der Waals surface area contributed by atoms with Crippen molar-refractivity contribution in [3.63, 3.8) is 0 Å². The van der Waals surface area contributed by atoms with Crippen LogP contribution in [-0.4, -0.2) is 30.4 Å². The minimum atomic E-state index is -4.30. The van der Waals surface area contributed by atoms with Gasteiger partial charge in [0.05, 0.1) is 17.3 Å². The molecule has 40 heavy (non-hydrogen) atoms. The summed E-state index contributed by atoms with van der Waals surface area (Å²) in [5.41, 5.74) is 4.80. The van der Waals surface area contributed by atoms with Crippen molar-refractivity contribution in [1.82, 2.24) is 14.7 Å². The molecule has 2 unspecified atom stereocenters. The molecule has 1 aliphatic carbocycles. The minimum absolute atomic E-state index is 0.0761. The van der Waals surface area contributed by atoms with Crippen LogP contribution in [0.5, 0.6) is 0 Å². The van der Waals surface area contributed by atoms with Crippen LogP contribution in [0.3, 0.4) is 0 Å². The molecule has 0 amide bonds. The first-order valence-electron chi connectivity index (χ1n) is 13.3. The Morgan fingerprint density at radius 2 is 1.98 bits per heavy atom. The number of hydrogen-bond donors (Lipinski definition) is 1. The van der Waals surface area contributed by atoms with E-state index in [1.54, 1.807) is 12.3 Å². The van der Waals surface area contributed by atoms with Crippen LogP contribution in [0.2, 0.25) is 0 Å². The highest BCUT2D eigenvalue weighted by molar-refractivity contribution is 7.89. The number of aryl methyl sites for hydroxylation is 2. The number of nitrogens with one attached hydrogen (secondary N) is 1. The number of aromatic nitrogens is 2. The molecule has 1 N–H and O–H groups in total. The predicted octanol–water partition coefficient (Wildman–Crippen LogP) is 6.96. The van der Waals surface area contributed by atoms with E-state index in [1.807, 2.05) is 37.6 Å². The summed E-state index contributed by atoms with van der Waals surface area (Å²) in [5, 5.41) is 10.4. The van der Waals surface area contributed by atoms with Crippen molar-refractivity contribution in [3.05, 3.63) is 89.1 Å². The molecule has 0 aromatic carbocycles. The van der Waals surface area contributed by atoms with E-state index in [4.69, 9.17) is 0 Å². The van der Waals surface area contributed by atoms with Crippen LogP contribution in [0.15, 0.2) is 71.4 Å². The fourth-order valence-corrected chi connectivity index (χ4v) is 5.87. The first-order valence-corrected chi connectivity index (χ1v) is 14.8. The van der Waals surface area contributed by atoms with E-state index < -0.39 is 27.6 Å². The molecule has 2 heterocycles. The second-order valence-corrected chi connectivity index (χ2v) is 11.8. The molecule has 0 aliphatic heterocycles. The van der Waals surface area contributed by atoms with Gasteiger partial charge in [0.2, 0.25) is 10.0 Å². The molecular weight excluding hydrogens is 530 g/mol. The van der Waals surface area contributed by atoms with Gasteiger partial charge in [0.15, 0.2) is 0 Å². The van der Waals surface area contributed by atoms with E-state index in [0.29, 0.717) is 40.9 Å². The molecule has 0 saturated heterocycles. The van der Waals surface area contributed by atoms with E-state index in [9.17, 15) is 22.5 Å². The third-order valence-corrected chi connectivity index (χ3v) is 8.75. The van der Waals surface area contributed by atoms with Gasteiger partial charge in [-0.3, -0.25) is 9.97 Å². The maximum absolute atomic E-state index is 14.3. The van der Waals surface area contributed by atoms with Gasteiger partial charge in [0.25, 0.3) is 5.92 Å². The summed E-state index contributed by atoms with van der Waals surface area (Å²) >= 11 is 0. The van der Waals surface area contributed by atoms with Crippen LogP contribution < -0.4 is 4.72 Å². The van der Waals surface area contributed by atoms with Crippen molar-refractivity contribution in [2.75, 3.05) is 0 Å². The molecule has 2 aromatic rings. The fourth-order valence-electron chi connectivity index (χ4n) is 4.68. The number of hydrogen-bond acceptors (Lipinski definition) is 5. The predicted molar refractivity (Wildman–Crippen MR) is 155 cm³/mol. The molecule has 2 aromatic heterocycles. The summed E-state index contributed by atoms with van der Waals surface area (Å²) in [6.45, 7) is 11.4.